The van der Waals surface area contributed by atoms with E-state index in [4.69, 9.17) is 32.7 Å². The number of hydrogen-bond donors (Lipinski definition) is 1. The molecule has 4 atom stereocenters. The average Bonchev–Trinajstić information content (AvgIpc) is 2.86. The van der Waals surface area contributed by atoms with E-state index >= 15 is 0 Å². The number of rotatable bonds is 8. The highest BCUT2D eigenvalue weighted by molar-refractivity contribution is 6.42. The van der Waals surface area contributed by atoms with Crippen LogP contribution >= 0.6 is 23.2 Å². The van der Waals surface area contributed by atoms with E-state index < -0.39 is 0 Å². The molecule has 1 amide bonds. The Morgan fingerprint density at radius 1 is 1.23 bits per heavy atom. The zero-order chi connectivity index (χ0) is 25.0. The molecular weight excluding hydrogens is 483 g/mol. The SMILES string of the molecule is C=CCN1CCC2(c3cccc(OC)c3)CC(NC(=O)Cc3ccc(Cl)c(Cl)c3)CC(OC)C2C1. The number of fused-ring (bicyclic) bond motifs is 1. The van der Waals surface area contributed by atoms with Crippen molar-refractivity contribution in [2.45, 2.75) is 43.2 Å². The molecule has 0 spiro atoms. The van der Waals surface area contributed by atoms with Crippen molar-refractivity contribution >= 4 is 29.1 Å². The molecular formula is C28H34Cl2N2O3. The smallest absolute Gasteiger partial charge is 0.224 e. The fraction of sp³-hybridized carbons (Fsp3) is 0.464. The zero-order valence-corrected chi connectivity index (χ0v) is 21.9. The summed E-state index contributed by atoms with van der Waals surface area (Å²) in [5.74, 6) is 1.13. The number of hydrogen-bond acceptors (Lipinski definition) is 4. The minimum Gasteiger partial charge on any atom is -0.497 e. The number of carbonyl (C=O) groups excluding carboxylic acids is 1. The maximum atomic E-state index is 13.0. The van der Waals surface area contributed by atoms with Crippen LogP contribution in [0.4, 0.5) is 0 Å². The summed E-state index contributed by atoms with van der Waals surface area (Å²) in [6.07, 6.45) is 4.88. The van der Waals surface area contributed by atoms with Crippen molar-refractivity contribution in [1.82, 2.24) is 10.2 Å². The largest absolute Gasteiger partial charge is 0.497 e. The molecule has 5 nitrogen and oxygen atoms in total. The van der Waals surface area contributed by atoms with Gasteiger partial charge in [0.1, 0.15) is 5.75 Å². The van der Waals surface area contributed by atoms with E-state index in [-0.39, 0.29) is 29.9 Å². The minimum atomic E-state index is -0.118. The fourth-order valence-electron chi connectivity index (χ4n) is 6.02. The monoisotopic (exact) mass is 516 g/mol. The molecule has 0 radical (unpaired) electrons. The Morgan fingerprint density at radius 2 is 2.06 bits per heavy atom. The Labute approximate surface area is 218 Å². The van der Waals surface area contributed by atoms with E-state index in [2.05, 4.69) is 35.0 Å². The van der Waals surface area contributed by atoms with Gasteiger partial charge in [-0.1, -0.05) is 47.5 Å². The van der Waals surface area contributed by atoms with E-state index in [1.54, 1.807) is 26.4 Å². The van der Waals surface area contributed by atoms with Crippen molar-refractivity contribution in [3.05, 3.63) is 76.3 Å². The van der Waals surface area contributed by atoms with E-state index in [0.717, 1.165) is 50.2 Å². The molecule has 1 saturated heterocycles. The second kappa shape index (κ2) is 11.3. The standard InChI is InChI=1S/C28H34Cl2N2O3/c1-4-11-32-12-10-28(20-6-5-7-22(15-20)34-2)17-21(16-26(35-3)23(28)18-32)31-27(33)14-19-8-9-24(29)25(30)13-19/h4-9,13,15,21,23,26H,1,10-12,14,16-18H2,2-3H3,(H,31,33). The number of ether oxygens (including phenoxy) is 2. The van der Waals surface area contributed by atoms with Crippen LogP contribution in [0, 0.1) is 5.92 Å². The summed E-state index contributed by atoms with van der Waals surface area (Å²) in [5.41, 5.74) is 1.98. The summed E-state index contributed by atoms with van der Waals surface area (Å²) < 4.78 is 11.6. The summed E-state index contributed by atoms with van der Waals surface area (Å²) >= 11 is 12.2. The number of nitrogens with one attached hydrogen (secondary N) is 1. The van der Waals surface area contributed by atoms with Crippen molar-refractivity contribution in [2.24, 2.45) is 5.92 Å². The lowest BCUT2D eigenvalue weighted by atomic mass is 9.57. The first-order valence-electron chi connectivity index (χ1n) is 12.1. The lowest BCUT2D eigenvalue weighted by molar-refractivity contribution is -0.123. The first-order chi connectivity index (χ1) is 16.9. The molecule has 4 rings (SSSR count). The van der Waals surface area contributed by atoms with Crippen LogP contribution in [0.5, 0.6) is 5.75 Å². The number of amides is 1. The Bertz CT molecular complexity index is 1060. The third-order valence-corrected chi connectivity index (χ3v) is 8.40. The third kappa shape index (κ3) is 5.69. The lowest BCUT2D eigenvalue weighted by Crippen LogP contribution is -2.61. The summed E-state index contributed by atoms with van der Waals surface area (Å²) in [5, 5.41) is 4.25. The number of piperidine rings is 1. The second-order valence-corrected chi connectivity index (χ2v) is 10.5. The van der Waals surface area contributed by atoms with E-state index in [0.29, 0.717) is 16.0 Å². The van der Waals surface area contributed by atoms with Gasteiger partial charge < -0.3 is 14.8 Å². The third-order valence-electron chi connectivity index (χ3n) is 7.66. The molecule has 188 valence electrons. The maximum absolute atomic E-state index is 13.0. The van der Waals surface area contributed by atoms with E-state index in [1.165, 1.54) is 5.56 Å². The van der Waals surface area contributed by atoms with Crippen molar-refractivity contribution in [2.75, 3.05) is 33.9 Å². The van der Waals surface area contributed by atoms with Crippen LogP contribution in [-0.4, -0.2) is 56.8 Å². The van der Waals surface area contributed by atoms with Gasteiger partial charge in [0, 0.05) is 37.6 Å². The van der Waals surface area contributed by atoms with Crippen molar-refractivity contribution in [1.29, 1.82) is 0 Å². The maximum Gasteiger partial charge on any atom is 0.224 e. The van der Waals surface area contributed by atoms with Gasteiger partial charge in [0.15, 0.2) is 0 Å². The molecule has 1 aliphatic heterocycles. The van der Waals surface area contributed by atoms with Gasteiger partial charge in [-0.25, -0.2) is 0 Å². The summed E-state index contributed by atoms with van der Waals surface area (Å²) in [6, 6.07) is 13.7. The van der Waals surface area contributed by atoms with Gasteiger partial charge in [-0.2, -0.15) is 0 Å². The molecule has 1 saturated carbocycles. The molecule has 0 aromatic heterocycles. The highest BCUT2D eigenvalue weighted by atomic mass is 35.5. The van der Waals surface area contributed by atoms with Crippen molar-refractivity contribution < 1.29 is 14.3 Å². The van der Waals surface area contributed by atoms with E-state index in [1.807, 2.05) is 18.2 Å². The summed E-state index contributed by atoms with van der Waals surface area (Å²) in [7, 11) is 3.49. The Balaban J connectivity index is 1.60. The predicted octanol–water partition coefficient (Wildman–Crippen LogP) is 5.28. The molecule has 35 heavy (non-hydrogen) atoms. The van der Waals surface area contributed by atoms with Crippen molar-refractivity contribution in [3.8, 4) is 5.75 Å². The van der Waals surface area contributed by atoms with E-state index in [9.17, 15) is 4.79 Å². The van der Waals surface area contributed by atoms with Gasteiger partial charge in [-0.15, -0.1) is 6.58 Å². The number of nitrogens with zero attached hydrogens (tertiary/aromatic N) is 1. The molecule has 1 aliphatic carbocycles. The number of carbonyl (C=O) groups is 1. The molecule has 1 heterocycles. The van der Waals surface area contributed by atoms with Gasteiger partial charge in [0.05, 0.1) is 29.7 Å². The average molecular weight is 517 g/mol. The quantitative estimate of drug-likeness (QED) is 0.484. The molecule has 2 aromatic carbocycles. The topological polar surface area (TPSA) is 50.8 Å². The molecule has 7 heteroatoms. The highest BCUT2D eigenvalue weighted by Gasteiger charge is 2.52. The first kappa shape index (κ1) is 26.0. The number of halogens is 2. The van der Waals surface area contributed by atoms with Gasteiger partial charge in [0.25, 0.3) is 0 Å². The Hall–Kier alpha value is -2.05. The predicted molar refractivity (Wildman–Crippen MR) is 142 cm³/mol. The van der Waals surface area contributed by atoms with Crippen LogP contribution in [0.3, 0.4) is 0 Å². The zero-order valence-electron chi connectivity index (χ0n) is 20.4. The first-order valence-corrected chi connectivity index (χ1v) is 12.9. The van der Waals surface area contributed by atoms with Gasteiger partial charge in [-0.05, 0) is 61.2 Å². The molecule has 2 aliphatic rings. The molecule has 4 unspecified atom stereocenters. The van der Waals surface area contributed by atoms with Crippen LogP contribution < -0.4 is 10.1 Å². The summed E-state index contributed by atoms with van der Waals surface area (Å²) in [6.45, 7) is 6.71. The molecule has 0 bridgehead atoms. The summed E-state index contributed by atoms with van der Waals surface area (Å²) in [4.78, 5) is 15.5. The van der Waals surface area contributed by atoms with Crippen LogP contribution in [0.1, 0.15) is 30.4 Å². The highest BCUT2D eigenvalue weighted by Crippen LogP contribution is 2.50. The molecule has 2 fully saturated rings. The van der Waals surface area contributed by atoms with Crippen LogP contribution in [0.2, 0.25) is 10.0 Å². The molecule has 2 aromatic rings. The number of likely N-dealkylation sites (tertiary alicyclic amines) is 1. The van der Waals surface area contributed by atoms with Gasteiger partial charge >= 0.3 is 0 Å². The van der Waals surface area contributed by atoms with Gasteiger partial charge in [0.2, 0.25) is 5.91 Å². The lowest BCUT2D eigenvalue weighted by Gasteiger charge is -2.55. The van der Waals surface area contributed by atoms with Crippen LogP contribution in [0.15, 0.2) is 55.1 Å². The normalized spacial score (nSPS) is 26.6. The minimum absolute atomic E-state index is 0.00336. The van der Waals surface area contributed by atoms with Crippen LogP contribution in [0.25, 0.3) is 0 Å². The van der Waals surface area contributed by atoms with Crippen LogP contribution in [-0.2, 0) is 21.4 Å². The number of benzene rings is 2. The fourth-order valence-corrected chi connectivity index (χ4v) is 6.34. The number of methoxy groups -OCH3 is 2. The van der Waals surface area contributed by atoms with Gasteiger partial charge in [-0.3, -0.25) is 9.69 Å². The molecule has 1 N–H and O–H groups in total. The van der Waals surface area contributed by atoms with Crippen molar-refractivity contribution in [3.63, 3.8) is 0 Å². The Morgan fingerprint density at radius 3 is 2.77 bits per heavy atom. The Kier molecular flexibility index (Phi) is 8.43. The second-order valence-electron chi connectivity index (χ2n) is 9.70.